The molecule has 0 spiro atoms. The van der Waals surface area contributed by atoms with Crippen LogP contribution in [0, 0.1) is 40.1 Å². The number of hydrogen-bond acceptors (Lipinski definition) is 25. The number of nitrogens with zero attached hydrogens (tertiary/aromatic N) is 21. The quantitative estimate of drug-likeness (QED) is 0.0212. The second kappa shape index (κ2) is 33.8. The summed E-state index contributed by atoms with van der Waals surface area (Å²) in [4.78, 5) is 25.4. The van der Waals surface area contributed by atoms with E-state index in [2.05, 4.69) is 85.6 Å². The molecule has 47 heteroatoms. The number of aromatic nitrogens is 13. The Labute approximate surface area is 656 Å². The van der Waals surface area contributed by atoms with Crippen LogP contribution in [0.25, 0.3) is 87.7 Å². The van der Waals surface area contributed by atoms with Crippen molar-refractivity contribution in [3.8, 4) is 80.3 Å². The number of hydrogen-bond donors (Lipinski definition) is 4. The van der Waals surface area contributed by atoms with E-state index in [4.69, 9.17) is 35.3 Å². The number of azide groups is 2. The lowest BCUT2D eigenvalue weighted by atomic mass is 10.1. The lowest BCUT2D eigenvalue weighted by Crippen LogP contribution is -2.28. The fourth-order valence-electron chi connectivity index (χ4n) is 11.0. The van der Waals surface area contributed by atoms with Crippen molar-refractivity contribution in [3.63, 3.8) is 0 Å². The normalized spacial score (nSPS) is 12.0. The number of nitrogens with one attached hydrogen (secondary N) is 4. The zero-order chi connectivity index (χ0) is 83.7. The molecule has 1 aliphatic carbocycles. The minimum absolute atomic E-state index is 0.0645. The third kappa shape index (κ3) is 18.9. The Morgan fingerprint density at radius 1 is 0.487 bits per heavy atom. The third-order valence-corrected chi connectivity index (χ3v) is 22.4. The van der Waals surface area contributed by atoms with Crippen LogP contribution < -0.4 is 37.8 Å². The second-order valence-electron chi connectivity index (χ2n) is 24.3. The topological polar surface area (TPSA) is 500 Å². The minimum Gasteiger partial charge on any atom is -0.480 e. The first-order valence-corrected chi connectivity index (χ1v) is 39.2. The van der Waals surface area contributed by atoms with Gasteiger partial charge in [-0.15, -0.1) is 0 Å². The van der Waals surface area contributed by atoms with E-state index < -0.39 is 74.4 Å². The molecule has 0 amide bonds. The van der Waals surface area contributed by atoms with Crippen LogP contribution in [0.5, 0.6) is 23.5 Å². The SMILES string of the molecule is COc1ncc(-c2ccn3ncc(C#N)c3c2)cc1NS(=O)(=O)C1CC1.COc1ncc(-c2ccn3ncc(C#N)c3c2)cc1NS(=O)(=O)CC(F)(F)F.COc1ncc(-c2ccn3ncc(N=[N+]=[N-])c3c2)cc1NS(=O)(=O)c1ccc(F)cc1.COc1ncc(-c2ccn3ncc(N=[N+]=[N-])c3n2)cc1NS(=O)(=O)c1ccc(F)cc1F. The van der Waals surface area contributed by atoms with Crippen molar-refractivity contribution in [2.75, 3.05) is 53.1 Å². The molecule has 1 saturated carbocycles. The molecule has 12 aromatic heterocycles. The number of benzene rings is 2. The standard InChI is InChI=1S/C19H14FN7O3S.C18H12F2N8O3S.C17H15N5O3S.C16H12F3N5O3S/c1-30-19-16(25-31(28,29)15-4-2-14(20)3-5-15)8-13(10-22-19)12-6-7-27-18(9-12)17(11-23-27)24-26-21;1-31-18-14(26-32(29,30)16-3-2-11(19)7-12(16)20)6-10(8-22-18)13-4-5-28-17(24-13)15(9-23-28)25-27-21;1-25-17-15(21-26(23,24)14-2-3-14)6-12(9-19-17)11-4-5-22-16(7-11)13(8-18)10-20-22;1-27-15-13(23-28(25,26)9-16(17,18)19)4-11(7-21-15)10-2-3-24-14(5-10)12(6-20)8-22-24/h2-11,25H,1H3;2-9,26H,1H3;4-7,9-10,14,21H,2-3H2,1H3;2-5,7-8,23H,9H2,1H3. The number of rotatable bonds is 22. The number of halogens is 6. The van der Waals surface area contributed by atoms with Gasteiger partial charge in [-0.3, -0.25) is 18.9 Å². The molecule has 37 nitrogen and oxygen atoms in total. The fourth-order valence-corrected chi connectivity index (χ4v) is 15.5. The molecule has 0 unspecified atom stereocenters. The maximum absolute atomic E-state index is 14.0. The van der Waals surface area contributed by atoms with Gasteiger partial charge in [-0.1, -0.05) is 10.2 Å². The number of methoxy groups -OCH3 is 4. The smallest absolute Gasteiger partial charge is 0.404 e. The average molecular weight is 1680 g/mol. The van der Waals surface area contributed by atoms with Crippen LogP contribution >= 0.6 is 0 Å². The number of nitriles is 2. The first-order chi connectivity index (χ1) is 55.9. The van der Waals surface area contributed by atoms with Crippen molar-refractivity contribution in [1.29, 1.82) is 10.5 Å². The van der Waals surface area contributed by atoms with Gasteiger partial charge in [-0.05, 0) is 144 Å². The van der Waals surface area contributed by atoms with Gasteiger partial charge < -0.3 is 18.9 Å². The Bertz CT molecular complexity index is 6890. The van der Waals surface area contributed by atoms with E-state index in [1.54, 1.807) is 82.5 Å². The van der Waals surface area contributed by atoms with Gasteiger partial charge in [0.2, 0.25) is 43.6 Å². The van der Waals surface area contributed by atoms with Gasteiger partial charge in [-0.25, -0.2) is 89.8 Å². The summed E-state index contributed by atoms with van der Waals surface area (Å²) in [5.41, 5.74) is 25.2. The Morgan fingerprint density at radius 2 is 0.906 bits per heavy atom. The van der Waals surface area contributed by atoms with Gasteiger partial charge in [0.05, 0.1) is 102 Å². The summed E-state index contributed by atoms with van der Waals surface area (Å²) in [5, 5.41) is 41.3. The lowest BCUT2D eigenvalue weighted by molar-refractivity contribution is -0.106. The van der Waals surface area contributed by atoms with Crippen molar-refractivity contribution < 1.29 is 79.0 Å². The summed E-state index contributed by atoms with van der Waals surface area (Å²) < 4.78 is 212. The van der Waals surface area contributed by atoms with Gasteiger partial charge in [0.1, 0.15) is 62.9 Å². The predicted octanol–water partition coefficient (Wildman–Crippen LogP) is 12.9. The molecule has 2 aromatic carbocycles. The molecule has 14 aromatic rings. The highest BCUT2D eigenvalue weighted by molar-refractivity contribution is 7.94. The highest BCUT2D eigenvalue weighted by Crippen LogP contribution is 2.38. The number of fused-ring (bicyclic) bond motifs is 4. The second-order valence-corrected chi connectivity index (χ2v) is 31.3. The largest absolute Gasteiger partial charge is 0.480 e. The molecular formula is C70H53F6N25O12S4. The maximum Gasteiger partial charge on any atom is 0.404 e. The first kappa shape index (κ1) is 81.6. The van der Waals surface area contributed by atoms with Crippen LogP contribution in [0.1, 0.15) is 24.0 Å². The third-order valence-electron chi connectivity index (χ3n) is 16.5. The Hall–Kier alpha value is -14.9. The van der Waals surface area contributed by atoms with E-state index in [1.807, 2.05) is 22.9 Å². The summed E-state index contributed by atoms with van der Waals surface area (Å²) in [7, 11) is -11.3. The Morgan fingerprint density at radius 3 is 1.38 bits per heavy atom. The summed E-state index contributed by atoms with van der Waals surface area (Å²) in [6, 6.07) is 28.5. The van der Waals surface area contributed by atoms with Crippen LogP contribution in [0.3, 0.4) is 0 Å². The Balaban J connectivity index is 0.000000144. The van der Waals surface area contributed by atoms with E-state index in [0.717, 1.165) is 42.0 Å². The number of ether oxygens (including phenoxy) is 4. The molecule has 0 radical (unpaired) electrons. The molecule has 4 N–H and O–H groups in total. The van der Waals surface area contributed by atoms with E-state index in [0.29, 0.717) is 97.0 Å². The average Bonchev–Trinajstić information content (AvgIpc) is 1.80. The molecule has 0 saturated heterocycles. The van der Waals surface area contributed by atoms with E-state index in [-0.39, 0.29) is 62.1 Å². The van der Waals surface area contributed by atoms with Gasteiger partial charge in [0, 0.05) is 87.7 Å². The monoisotopic (exact) mass is 1680 g/mol. The van der Waals surface area contributed by atoms with Gasteiger partial charge >= 0.3 is 6.18 Å². The van der Waals surface area contributed by atoms with Gasteiger partial charge in [0.15, 0.2) is 11.4 Å². The van der Waals surface area contributed by atoms with Crippen molar-refractivity contribution in [3.05, 3.63) is 233 Å². The fraction of sp³-hybridized carbons (Fsp3) is 0.129. The van der Waals surface area contributed by atoms with Gasteiger partial charge in [-0.2, -0.15) is 44.1 Å². The van der Waals surface area contributed by atoms with Crippen LogP contribution in [0.15, 0.2) is 204 Å². The molecule has 596 valence electrons. The molecule has 15 rings (SSSR count). The van der Waals surface area contributed by atoms with Crippen molar-refractivity contribution in [2.45, 2.75) is 34.1 Å². The maximum atomic E-state index is 14.0. The molecule has 0 atom stereocenters. The molecule has 0 aliphatic heterocycles. The summed E-state index contributed by atoms with van der Waals surface area (Å²) in [6.07, 6.45) is 14.5. The number of sulfonamides is 4. The van der Waals surface area contributed by atoms with Crippen LogP contribution in [0.4, 0.5) is 60.5 Å². The summed E-state index contributed by atoms with van der Waals surface area (Å²) >= 11 is 0. The number of alkyl halides is 3. The molecule has 117 heavy (non-hydrogen) atoms. The highest BCUT2D eigenvalue weighted by Gasteiger charge is 2.37. The van der Waals surface area contributed by atoms with Crippen molar-refractivity contribution in [2.24, 2.45) is 10.2 Å². The zero-order valence-corrected chi connectivity index (χ0v) is 63.5. The zero-order valence-electron chi connectivity index (χ0n) is 60.2. The van der Waals surface area contributed by atoms with Crippen molar-refractivity contribution >= 4 is 96.4 Å². The van der Waals surface area contributed by atoms with Crippen LogP contribution in [-0.4, -0.2) is 143 Å². The predicted molar refractivity (Wildman–Crippen MR) is 408 cm³/mol. The first-order valence-electron chi connectivity index (χ1n) is 33.1. The molecule has 1 fully saturated rings. The van der Waals surface area contributed by atoms with E-state index >= 15 is 0 Å². The molecule has 12 heterocycles. The summed E-state index contributed by atoms with van der Waals surface area (Å²) in [6.45, 7) is 0. The molecule has 1 aliphatic rings. The highest BCUT2D eigenvalue weighted by atomic mass is 32.2. The molecular weight excluding hydrogens is 1630 g/mol. The van der Waals surface area contributed by atoms with Crippen LogP contribution in [-0.2, 0) is 40.1 Å². The summed E-state index contributed by atoms with van der Waals surface area (Å²) in [5.74, 6) is -4.74. The van der Waals surface area contributed by atoms with Crippen molar-refractivity contribution in [1.82, 2.24) is 63.4 Å². The van der Waals surface area contributed by atoms with Gasteiger partial charge in [0.25, 0.3) is 20.0 Å². The molecule has 0 bridgehead atoms. The van der Waals surface area contributed by atoms with E-state index in [9.17, 15) is 65.3 Å². The number of pyridine rings is 7. The van der Waals surface area contributed by atoms with Crippen LogP contribution in [0.2, 0.25) is 0 Å². The Kier molecular flexibility index (Phi) is 23.6. The lowest BCUT2D eigenvalue weighted by Gasteiger charge is -2.13. The number of anilines is 4. The minimum atomic E-state index is -4.90. The van der Waals surface area contributed by atoms with E-state index in [1.165, 1.54) is 93.0 Å².